The van der Waals surface area contributed by atoms with Gasteiger partial charge in [-0.05, 0) is 43.0 Å². The Labute approximate surface area is 276 Å². The van der Waals surface area contributed by atoms with E-state index in [0.29, 0.717) is 49.8 Å². The molecule has 3 aliphatic heterocycles. The van der Waals surface area contributed by atoms with Gasteiger partial charge < -0.3 is 24.7 Å². The van der Waals surface area contributed by atoms with Gasteiger partial charge in [-0.15, -0.1) is 0 Å². The minimum atomic E-state index is -4.54. The summed E-state index contributed by atoms with van der Waals surface area (Å²) in [5, 5.41) is 5.91. The number of nitrogens with one attached hydrogen (secondary N) is 2. The van der Waals surface area contributed by atoms with E-state index in [4.69, 9.17) is 9.47 Å². The smallest absolute Gasteiger partial charge is 0.406 e. The van der Waals surface area contributed by atoms with Crippen LogP contribution in [-0.2, 0) is 27.5 Å². The fourth-order valence-electron chi connectivity index (χ4n) is 6.83. The molecule has 258 valence electrons. The maximum absolute atomic E-state index is 15.6. The van der Waals surface area contributed by atoms with E-state index in [1.807, 2.05) is 6.92 Å². The number of benzene rings is 2. The van der Waals surface area contributed by atoms with Gasteiger partial charge in [-0.1, -0.05) is 18.8 Å². The summed E-state index contributed by atoms with van der Waals surface area (Å²) in [6.07, 6.45) is -1.61. The van der Waals surface area contributed by atoms with Gasteiger partial charge in [0.2, 0.25) is 0 Å². The molecule has 6 rings (SSSR count). The minimum Gasteiger partial charge on any atom is -0.491 e. The van der Waals surface area contributed by atoms with E-state index >= 15 is 4.39 Å². The van der Waals surface area contributed by atoms with Crippen molar-refractivity contribution in [1.29, 1.82) is 0 Å². The average molecular weight is 692 g/mol. The molecular weight excluding hydrogens is 654 g/mol. The number of hydrogen-bond acceptors (Lipinski definition) is 8. The molecule has 2 fully saturated rings. The van der Waals surface area contributed by atoms with Crippen molar-refractivity contribution in [3.63, 3.8) is 0 Å². The van der Waals surface area contributed by atoms with Crippen LogP contribution in [-0.4, -0.2) is 98.9 Å². The monoisotopic (exact) mass is 691 g/mol. The molecule has 0 aliphatic carbocycles. The van der Waals surface area contributed by atoms with Crippen LogP contribution < -0.4 is 15.4 Å². The number of likely N-dealkylation sites (tertiary alicyclic amines) is 1. The summed E-state index contributed by atoms with van der Waals surface area (Å²) in [4.78, 5) is 20.1. The van der Waals surface area contributed by atoms with Gasteiger partial charge in [0.15, 0.2) is 9.84 Å². The molecule has 0 radical (unpaired) electrons. The molecule has 0 saturated carbocycles. The number of rotatable bonds is 7. The van der Waals surface area contributed by atoms with Gasteiger partial charge in [0.1, 0.15) is 24.0 Å². The maximum Gasteiger partial charge on any atom is 0.406 e. The van der Waals surface area contributed by atoms with E-state index in [-0.39, 0.29) is 52.1 Å². The lowest BCUT2D eigenvalue weighted by Crippen LogP contribution is -2.59. The number of amides is 1. The summed E-state index contributed by atoms with van der Waals surface area (Å²) in [6.45, 7) is 3.01. The van der Waals surface area contributed by atoms with Crippen molar-refractivity contribution in [2.24, 2.45) is 5.92 Å². The number of nitrogens with zero attached hydrogens (tertiary/aromatic N) is 3. The van der Waals surface area contributed by atoms with Gasteiger partial charge in [-0.3, -0.25) is 9.69 Å². The van der Waals surface area contributed by atoms with Gasteiger partial charge in [0.05, 0.1) is 47.2 Å². The molecule has 3 aliphatic rings. The molecular formula is C33H37F4N5O5S. The van der Waals surface area contributed by atoms with E-state index in [1.54, 1.807) is 6.07 Å². The lowest BCUT2D eigenvalue weighted by atomic mass is 9.89. The predicted octanol–water partition coefficient (Wildman–Crippen LogP) is 3.97. The zero-order chi connectivity index (χ0) is 34.2. The number of carbonyl (C=O) groups excluding carboxylic acids is 1. The predicted molar refractivity (Wildman–Crippen MR) is 171 cm³/mol. The SMILES string of the molecule is C[C@H]1CN(C2CCOCC2)C[C@H](F)[C@@H]1NC(=O)c1cc(C#CCNc2ccc(S(C)(=O)=O)c3c2OCC3)cc2c1ncn2CC(F)(F)F. The average Bonchev–Trinajstić information content (AvgIpc) is 3.67. The zero-order valence-electron chi connectivity index (χ0n) is 26.6. The summed E-state index contributed by atoms with van der Waals surface area (Å²) in [5.74, 6) is 5.40. The Morgan fingerprint density at radius 1 is 1.15 bits per heavy atom. The van der Waals surface area contributed by atoms with Gasteiger partial charge in [-0.2, -0.15) is 13.2 Å². The molecule has 10 nitrogen and oxygen atoms in total. The lowest BCUT2D eigenvalue weighted by Gasteiger charge is -2.44. The van der Waals surface area contributed by atoms with Crippen molar-refractivity contribution in [3.05, 3.63) is 47.3 Å². The van der Waals surface area contributed by atoms with Crippen molar-refractivity contribution >= 4 is 32.5 Å². The van der Waals surface area contributed by atoms with Crippen LogP contribution >= 0.6 is 0 Å². The Morgan fingerprint density at radius 3 is 2.62 bits per heavy atom. The quantitative estimate of drug-likeness (QED) is 0.283. The fraction of sp³-hybridized carbons (Fsp3) is 0.515. The highest BCUT2D eigenvalue weighted by Gasteiger charge is 2.39. The summed E-state index contributed by atoms with van der Waals surface area (Å²) < 4.78 is 92.1. The first-order valence-electron chi connectivity index (χ1n) is 15.8. The Kier molecular flexibility index (Phi) is 9.61. The number of alkyl halides is 4. The van der Waals surface area contributed by atoms with Gasteiger partial charge in [-0.25, -0.2) is 17.8 Å². The number of sulfone groups is 1. The Hall–Kier alpha value is -3.87. The second-order valence-corrected chi connectivity index (χ2v) is 14.6. The molecule has 0 spiro atoms. The maximum atomic E-state index is 15.6. The molecule has 3 atom stereocenters. The van der Waals surface area contributed by atoms with Crippen LogP contribution in [0.1, 0.15) is 41.3 Å². The summed E-state index contributed by atoms with van der Waals surface area (Å²) >= 11 is 0. The lowest BCUT2D eigenvalue weighted by molar-refractivity contribution is -0.139. The van der Waals surface area contributed by atoms with Gasteiger partial charge >= 0.3 is 6.18 Å². The fourth-order valence-corrected chi connectivity index (χ4v) is 7.79. The van der Waals surface area contributed by atoms with E-state index in [9.17, 15) is 26.4 Å². The highest BCUT2D eigenvalue weighted by molar-refractivity contribution is 7.90. The van der Waals surface area contributed by atoms with Crippen LogP contribution in [0.2, 0.25) is 0 Å². The molecule has 1 aromatic heterocycles. The molecule has 15 heteroatoms. The highest BCUT2D eigenvalue weighted by Crippen LogP contribution is 2.38. The number of fused-ring (bicyclic) bond motifs is 2. The van der Waals surface area contributed by atoms with Gasteiger partial charge in [0.25, 0.3) is 5.91 Å². The number of ether oxygens (including phenoxy) is 2. The first-order chi connectivity index (χ1) is 22.8. The van der Waals surface area contributed by atoms with E-state index in [0.717, 1.165) is 30.0 Å². The molecule has 1 amide bonds. The van der Waals surface area contributed by atoms with Crippen molar-refractivity contribution in [2.75, 3.05) is 51.0 Å². The van der Waals surface area contributed by atoms with E-state index < -0.39 is 40.7 Å². The number of piperidine rings is 1. The Balaban J connectivity index is 1.23. The minimum absolute atomic E-state index is 0.000439. The first-order valence-corrected chi connectivity index (χ1v) is 17.7. The number of carbonyl (C=O) groups is 1. The Bertz CT molecular complexity index is 1850. The largest absolute Gasteiger partial charge is 0.491 e. The van der Waals surface area contributed by atoms with Crippen LogP contribution in [0, 0.1) is 17.8 Å². The van der Waals surface area contributed by atoms with E-state index in [1.165, 1.54) is 18.2 Å². The summed E-state index contributed by atoms with van der Waals surface area (Å²) in [6, 6.07) is 5.42. The number of anilines is 1. The van der Waals surface area contributed by atoms with Gasteiger partial charge in [0, 0.05) is 56.1 Å². The highest BCUT2D eigenvalue weighted by atomic mass is 32.2. The van der Waals surface area contributed by atoms with E-state index in [2.05, 4.69) is 32.4 Å². The van der Waals surface area contributed by atoms with Crippen molar-refractivity contribution < 1.29 is 40.2 Å². The molecule has 2 N–H and O–H groups in total. The topological polar surface area (TPSA) is 115 Å². The molecule has 2 saturated heterocycles. The number of hydrogen-bond donors (Lipinski definition) is 2. The second-order valence-electron chi connectivity index (χ2n) is 12.6. The molecule has 3 aromatic rings. The van der Waals surface area contributed by atoms with Crippen molar-refractivity contribution in [1.82, 2.24) is 19.8 Å². The molecule has 0 unspecified atom stereocenters. The number of aromatic nitrogens is 2. The molecule has 0 bridgehead atoms. The summed E-state index contributed by atoms with van der Waals surface area (Å²) in [7, 11) is -3.44. The summed E-state index contributed by atoms with van der Waals surface area (Å²) in [5.41, 5.74) is 1.54. The third-order valence-electron chi connectivity index (χ3n) is 9.07. The van der Waals surface area contributed by atoms with Crippen LogP contribution in [0.5, 0.6) is 5.75 Å². The molecule has 48 heavy (non-hydrogen) atoms. The normalized spacial score (nSPS) is 22.1. The third kappa shape index (κ3) is 7.40. The number of halogens is 4. The van der Waals surface area contributed by atoms with Crippen LogP contribution in [0.15, 0.2) is 35.5 Å². The standard InChI is InChI=1S/C33H37F4N5O5S/c1-20-16-41(22-7-11-46-12-8-22)17-25(34)29(20)40-32(43)24-14-21(15-27-30(24)39-19-42(27)18-33(35,36)37)4-3-10-38-26-5-6-28(48(2,44)45)23-9-13-47-31(23)26/h5-6,14-15,19-20,22,25,29,38H,7-13,16-18H2,1-2H3,(H,40,43)/t20-,25-,29+/m0/s1. The molecule has 2 aromatic carbocycles. The first kappa shape index (κ1) is 34.0. The van der Waals surface area contributed by atoms with Crippen molar-refractivity contribution in [2.45, 2.75) is 62.1 Å². The number of imidazole rings is 1. The molecule has 4 heterocycles. The van der Waals surface area contributed by atoms with Crippen LogP contribution in [0.3, 0.4) is 0 Å². The second kappa shape index (κ2) is 13.6. The Morgan fingerprint density at radius 2 is 1.92 bits per heavy atom. The van der Waals surface area contributed by atoms with Crippen LogP contribution in [0.25, 0.3) is 11.0 Å². The van der Waals surface area contributed by atoms with Crippen LogP contribution in [0.4, 0.5) is 23.2 Å². The third-order valence-corrected chi connectivity index (χ3v) is 10.3. The zero-order valence-corrected chi connectivity index (χ0v) is 27.4. The van der Waals surface area contributed by atoms with Crippen molar-refractivity contribution in [3.8, 4) is 17.6 Å².